The maximum absolute atomic E-state index is 13.5. The molecule has 1 aliphatic rings. The van der Waals surface area contributed by atoms with E-state index >= 15 is 0 Å². The number of nitrogens with zero attached hydrogens (tertiary/aromatic N) is 1. The van der Waals surface area contributed by atoms with Crippen LogP contribution in [-0.2, 0) is 21.2 Å². The topological polar surface area (TPSA) is 95.9 Å². The Morgan fingerprint density at radius 2 is 2.03 bits per heavy atom. The van der Waals surface area contributed by atoms with Crippen LogP contribution in [0, 0.1) is 0 Å². The van der Waals surface area contributed by atoms with Crippen LogP contribution in [-0.4, -0.2) is 43.5 Å². The molecule has 0 radical (unpaired) electrons. The Bertz CT molecular complexity index is 1010. The van der Waals surface area contributed by atoms with Crippen molar-refractivity contribution in [3.05, 3.63) is 58.3 Å². The van der Waals surface area contributed by atoms with E-state index in [4.69, 9.17) is 4.74 Å². The number of carbonyl (C=O) groups excluding carboxylic acids is 1. The van der Waals surface area contributed by atoms with Crippen LogP contribution >= 0.6 is 11.3 Å². The fourth-order valence-electron chi connectivity index (χ4n) is 3.71. The fourth-order valence-corrected chi connectivity index (χ4v) is 6.35. The van der Waals surface area contributed by atoms with Crippen molar-refractivity contribution in [1.29, 1.82) is 0 Å². The van der Waals surface area contributed by atoms with E-state index in [1.54, 1.807) is 17.6 Å². The quantitative estimate of drug-likeness (QED) is 0.383. The summed E-state index contributed by atoms with van der Waals surface area (Å²) in [6, 6.07) is 7.02. The van der Waals surface area contributed by atoms with Gasteiger partial charge in [-0.05, 0) is 67.0 Å². The van der Waals surface area contributed by atoms with Crippen LogP contribution < -0.4 is 10.2 Å². The smallest absolute Gasteiger partial charge is 0.262 e. The van der Waals surface area contributed by atoms with Gasteiger partial charge in [0, 0.05) is 17.8 Å². The summed E-state index contributed by atoms with van der Waals surface area (Å²) in [5.74, 6) is -0.282. The van der Waals surface area contributed by atoms with E-state index in [0.717, 1.165) is 28.9 Å². The van der Waals surface area contributed by atoms with Crippen LogP contribution in [0.5, 0.6) is 5.75 Å². The average Bonchev–Trinajstić information content (AvgIpc) is 3.13. The third-order valence-electron chi connectivity index (χ3n) is 5.34. The van der Waals surface area contributed by atoms with Crippen LogP contribution in [0.3, 0.4) is 0 Å². The van der Waals surface area contributed by atoms with Crippen LogP contribution in [0.25, 0.3) is 0 Å². The van der Waals surface area contributed by atoms with Crippen molar-refractivity contribution in [2.45, 2.75) is 43.0 Å². The lowest BCUT2D eigenvalue weighted by molar-refractivity contribution is -0.133. The number of amides is 1. The Balaban J connectivity index is 2.04. The first-order chi connectivity index (χ1) is 14.3. The molecule has 1 amide bonds. The van der Waals surface area contributed by atoms with Crippen molar-refractivity contribution in [2.75, 3.05) is 13.7 Å². The lowest BCUT2D eigenvalue weighted by Gasteiger charge is -2.29. The minimum atomic E-state index is -3.99. The van der Waals surface area contributed by atoms with Crippen molar-refractivity contribution >= 4 is 27.3 Å². The zero-order valence-corrected chi connectivity index (χ0v) is 18.6. The highest BCUT2D eigenvalue weighted by atomic mass is 32.2. The van der Waals surface area contributed by atoms with Crippen LogP contribution in [0.1, 0.15) is 36.1 Å². The molecular formula is C21H26N2O5S2. The van der Waals surface area contributed by atoms with E-state index in [9.17, 15) is 18.4 Å². The van der Waals surface area contributed by atoms with Gasteiger partial charge in [-0.25, -0.2) is 13.9 Å². The van der Waals surface area contributed by atoms with Gasteiger partial charge >= 0.3 is 0 Å². The maximum atomic E-state index is 13.5. The predicted octanol–water partition coefficient (Wildman–Crippen LogP) is 3.32. The van der Waals surface area contributed by atoms with Gasteiger partial charge in [0.25, 0.3) is 5.91 Å². The first-order valence-corrected chi connectivity index (χ1v) is 11.9. The van der Waals surface area contributed by atoms with Crippen molar-refractivity contribution < 1.29 is 23.2 Å². The summed E-state index contributed by atoms with van der Waals surface area (Å²) < 4.78 is 33.4. The molecule has 162 valence electrons. The summed E-state index contributed by atoms with van der Waals surface area (Å²) in [7, 11) is -2.49. The average molecular weight is 451 g/mol. The molecule has 0 spiro atoms. The summed E-state index contributed by atoms with van der Waals surface area (Å²) in [6.45, 7) is 6.04. The minimum Gasteiger partial charge on any atom is -0.497 e. The number of hydrogen-bond acceptors (Lipinski definition) is 6. The summed E-state index contributed by atoms with van der Waals surface area (Å²) >= 11 is 1.50. The molecule has 0 fully saturated rings. The van der Waals surface area contributed by atoms with Gasteiger partial charge in [0.15, 0.2) is 0 Å². The van der Waals surface area contributed by atoms with Crippen molar-refractivity contribution in [3.8, 4) is 5.75 Å². The van der Waals surface area contributed by atoms with E-state index in [-0.39, 0.29) is 23.8 Å². The van der Waals surface area contributed by atoms with Gasteiger partial charge in [0.05, 0.1) is 12.0 Å². The Hall–Kier alpha value is -2.20. The lowest BCUT2D eigenvalue weighted by atomic mass is 9.93. The predicted molar refractivity (Wildman–Crippen MR) is 115 cm³/mol. The zero-order valence-electron chi connectivity index (χ0n) is 17.0. The Labute approximate surface area is 181 Å². The first-order valence-electron chi connectivity index (χ1n) is 9.58. The second-order valence-corrected chi connectivity index (χ2v) is 10.3. The van der Waals surface area contributed by atoms with Crippen molar-refractivity contribution in [3.63, 3.8) is 0 Å². The lowest BCUT2D eigenvalue weighted by Crippen LogP contribution is -2.50. The largest absolute Gasteiger partial charge is 0.497 e. The Morgan fingerprint density at radius 3 is 2.63 bits per heavy atom. The molecule has 1 aliphatic heterocycles. The minimum absolute atomic E-state index is 0.0722. The fraction of sp³-hybridized carbons (Fsp3) is 0.381. The number of allylic oxidation sites excluding steroid dienone is 1. The van der Waals surface area contributed by atoms with Gasteiger partial charge in [-0.1, -0.05) is 5.57 Å². The van der Waals surface area contributed by atoms with E-state index in [1.165, 1.54) is 34.9 Å². The van der Waals surface area contributed by atoms with Gasteiger partial charge in [0.1, 0.15) is 11.8 Å². The highest BCUT2D eigenvalue weighted by Gasteiger charge is 2.41. The molecule has 3 rings (SSSR count). The van der Waals surface area contributed by atoms with Gasteiger partial charge in [0.2, 0.25) is 10.0 Å². The van der Waals surface area contributed by atoms with E-state index in [1.807, 2.05) is 18.4 Å². The molecule has 1 aromatic carbocycles. The third kappa shape index (κ3) is 4.59. The molecule has 2 aromatic rings. The molecule has 30 heavy (non-hydrogen) atoms. The number of methoxy groups -OCH3 is 1. The molecular weight excluding hydrogens is 424 g/mol. The van der Waals surface area contributed by atoms with E-state index < -0.39 is 22.0 Å². The number of fused-ring (bicyclic) bond motifs is 1. The zero-order chi connectivity index (χ0) is 21.9. The number of carbonyl (C=O) groups is 1. The number of rotatable bonds is 7. The monoisotopic (exact) mass is 450 g/mol. The van der Waals surface area contributed by atoms with Crippen molar-refractivity contribution in [2.24, 2.45) is 0 Å². The molecule has 0 saturated heterocycles. The molecule has 0 aliphatic carbocycles. The molecule has 0 bridgehead atoms. The van der Waals surface area contributed by atoms with E-state index in [2.05, 4.69) is 6.58 Å². The molecule has 1 aromatic heterocycles. The van der Waals surface area contributed by atoms with Gasteiger partial charge < -0.3 is 4.74 Å². The highest BCUT2D eigenvalue weighted by molar-refractivity contribution is 7.89. The normalized spacial score (nSPS) is 19.6. The van der Waals surface area contributed by atoms with E-state index in [0.29, 0.717) is 5.75 Å². The molecule has 2 N–H and O–H groups in total. The van der Waals surface area contributed by atoms with Gasteiger partial charge in [-0.15, -0.1) is 17.9 Å². The first kappa shape index (κ1) is 22.5. The number of hydroxylamine groups is 1. The van der Waals surface area contributed by atoms with Crippen LogP contribution in [0.2, 0.25) is 0 Å². The highest BCUT2D eigenvalue weighted by Crippen LogP contribution is 2.37. The Morgan fingerprint density at radius 1 is 1.33 bits per heavy atom. The number of ether oxygens (including phenoxy) is 1. The molecule has 9 heteroatoms. The van der Waals surface area contributed by atoms with Crippen LogP contribution in [0.15, 0.2) is 52.8 Å². The van der Waals surface area contributed by atoms with Crippen molar-refractivity contribution in [1.82, 2.24) is 9.79 Å². The Kier molecular flexibility index (Phi) is 6.97. The maximum Gasteiger partial charge on any atom is 0.262 e. The van der Waals surface area contributed by atoms with Gasteiger partial charge in [-0.2, -0.15) is 4.31 Å². The molecule has 0 unspecified atom stereocenters. The number of benzene rings is 1. The molecule has 2 heterocycles. The second-order valence-electron chi connectivity index (χ2n) is 7.44. The summed E-state index contributed by atoms with van der Waals surface area (Å²) in [5, 5.41) is 11.3. The molecule has 7 nitrogen and oxygen atoms in total. The summed E-state index contributed by atoms with van der Waals surface area (Å²) in [6.07, 6.45) is 1.69. The molecule has 0 saturated carbocycles. The third-order valence-corrected chi connectivity index (χ3v) is 8.19. The summed E-state index contributed by atoms with van der Waals surface area (Å²) in [4.78, 5) is 13.5. The standard InChI is InChI=1S/C21H26N2O5S2/c1-14(2)4-5-15-13-23(30(26,27)17-8-6-16(28-3)7-9-17)19(21(24)22-25)12-20-18(15)10-11-29-20/h6-11,15,19,25H,1,4-5,12-13H2,2-3H3,(H,22,24)/t15-,19-/m0/s1. The summed E-state index contributed by atoms with van der Waals surface area (Å²) in [5.41, 5.74) is 3.73. The number of sulfonamides is 1. The molecule has 2 atom stereocenters. The van der Waals surface area contributed by atoms with Gasteiger partial charge in [-0.3, -0.25) is 10.0 Å². The van der Waals surface area contributed by atoms with Crippen LogP contribution in [0.4, 0.5) is 0 Å². The number of hydrogen-bond donors (Lipinski definition) is 2. The number of thiophene rings is 1. The SMILES string of the molecule is C=C(C)CC[C@H]1CN(S(=O)(=O)c2ccc(OC)cc2)[C@H](C(=O)NO)Cc2sccc21. The second kappa shape index (κ2) is 9.30. The number of nitrogens with one attached hydrogen (secondary N) is 1.